The van der Waals surface area contributed by atoms with E-state index in [-0.39, 0.29) is 13.2 Å². The molecule has 3 heterocycles. The average molecular weight is 476 g/mol. The Labute approximate surface area is 200 Å². The first-order valence-corrected chi connectivity index (χ1v) is 11.4. The highest BCUT2D eigenvalue weighted by Crippen LogP contribution is 2.47. The number of aliphatic hydroxyl groups is 3. The summed E-state index contributed by atoms with van der Waals surface area (Å²) in [5.41, 5.74) is 3.37. The van der Waals surface area contributed by atoms with Crippen LogP contribution in [0.2, 0.25) is 0 Å². The van der Waals surface area contributed by atoms with Crippen molar-refractivity contribution in [2.75, 3.05) is 25.6 Å². The fourth-order valence-electron chi connectivity index (χ4n) is 5.22. The monoisotopic (exact) mass is 475 g/mol. The Morgan fingerprint density at radius 2 is 1.74 bits per heavy atom. The van der Waals surface area contributed by atoms with Crippen molar-refractivity contribution >= 4 is 17.0 Å². The number of aliphatic hydroxyl groups excluding tert-OH is 2. The number of methoxy groups -OCH3 is 1. The van der Waals surface area contributed by atoms with Crippen LogP contribution in [-0.2, 0) is 15.1 Å². The molecule has 35 heavy (non-hydrogen) atoms. The third-order valence-corrected chi connectivity index (χ3v) is 6.94. The van der Waals surface area contributed by atoms with Gasteiger partial charge in [0, 0.05) is 7.11 Å². The number of imidazole rings is 1. The van der Waals surface area contributed by atoms with E-state index in [1.165, 1.54) is 13.4 Å². The molecular formula is C25H25N5O5. The van der Waals surface area contributed by atoms with E-state index in [0.29, 0.717) is 17.0 Å². The topological polar surface area (TPSA) is 135 Å². The minimum Gasteiger partial charge on any atom is -0.394 e. The van der Waals surface area contributed by atoms with Crippen molar-refractivity contribution in [1.29, 1.82) is 0 Å². The van der Waals surface area contributed by atoms with E-state index in [9.17, 15) is 15.3 Å². The number of aromatic nitrogens is 4. The summed E-state index contributed by atoms with van der Waals surface area (Å²) in [5, 5.41) is 35.1. The Kier molecular flexibility index (Phi) is 5.28. The zero-order valence-corrected chi connectivity index (χ0v) is 18.9. The average Bonchev–Trinajstić information content (AvgIpc) is 3.54. The zero-order valence-electron chi connectivity index (χ0n) is 18.9. The third-order valence-electron chi connectivity index (χ3n) is 6.94. The molecule has 1 aliphatic heterocycles. The lowest BCUT2D eigenvalue weighted by atomic mass is 9.91. The molecule has 1 saturated heterocycles. The minimum atomic E-state index is -1.25. The molecule has 2 aromatic heterocycles. The van der Waals surface area contributed by atoms with Crippen LogP contribution in [0.15, 0.2) is 61.2 Å². The van der Waals surface area contributed by atoms with E-state index in [4.69, 9.17) is 9.47 Å². The zero-order chi connectivity index (χ0) is 24.2. The Balaban J connectivity index is 1.33. The third kappa shape index (κ3) is 3.26. The molecule has 0 saturated carbocycles. The summed E-state index contributed by atoms with van der Waals surface area (Å²) in [6.07, 6.45) is -0.258. The maximum atomic E-state index is 11.8. The van der Waals surface area contributed by atoms with Gasteiger partial charge in [0.2, 0.25) is 0 Å². The van der Waals surface area contributed by atoms with Crippen LogP contribution < -0.4 is 5.32 Å². The Hall–Kier alpha value is -3.41. The smallest absolute Gasteiger partial charge is 0.167 e. The molecule has 10 heteroatoms. The molecule has 0 spiro atoms. The molecule has 0 amide bonds. The largest absolute Gasteiger partial charge is 0.394 e. The van der Waals surface area contributed by atoms with Gasteiger partial charge in [0.1, 0.15) is 30.2 Å². The fourth-order valence-corrected chi connectivity index (χ4v) is 5.22. The number of hydrogen-bond donors (Lipinski definition) is 4. The number of hydrogen-bond acceptors (Lipinski definition) is 9. The molecule has 4 atom stereocenters. The predicted molar refractivity (Wildman–Crippen MR) is 126 cm³/mol. The van der Waals surface area contributed by atoms with Gasteiger partial charge in [-0.3, -0.25) is 4.57 Å². The van der Waals surface area contributed by atoms with Crippen LogP contribution in [0.5, 0.6) is 0 Å². The molecule has 2 aromatic carbocycles. The van der Waals surface area contributed by atoms with Gasteiger partial charge in [-0.2, -0.15) is 0 Å². The van der Waals surface area contributed by atoms with Gasteiger partial charge < -0.3 is 30.1 Å². The molecule has 0 bridgehead atoms. The second-order valence-electron chi connectivity index (χ2n) is 8.79. The van der Waals surface area contributed by atoms with Crippen LogP contribution in [0.3, 0.4) is 0 Å². The molecular weight excluding hydrogens is 450 g/mol. The SMILES string of the molecule is COC1C(O)[C@@H](CO)O[C@H]1n1cnc2c(NCC3(O)c4ccccc4-c4ccccc43)ncnc21. The lowest BCUT2D eigenvalue weighted by molar-refractivity contribution is -0.0583. The molecule has 0 radical (unpaired) electrons. The van der Waals surface area contributed by atoms with Crippen molar-refractivity contribution in [3.63, 3.8) is 0 Å². The Morgan fingerprint density at radius 1 is 1.06 bits per heavy atom. The summed E-state index contributed by atoms with van der Waals surface area (Å²) in [5.74, 6) is 0.454. The molecule has 180 valence electrons. The van der Waals surface area contributed by atoms with E-state index < -0.39 is 30.1 Å². The summed E-state index contributed by atoms with van der Waals surface area (Å²) in [4.78, 5) is 13.2. The van der Waals surface area contributed by atoms with Gasteiger partial charge in [-0.25, -0.2) is 15.0 Å². The van der Waals surface area contributed by atoms with E-state index in [0.717, 1.165) is 22.3 Å². The van der Waals surface area contributed by atoms with E-state index >= 15 is 0 Å². The van der Waals surface area contributed by atoms with Crippen LogP contribution in [0, 0.1) is 0 Å². The number of ether oxygens (including phenoxy) is 2. The first-order chi connectivity index (χ1) is 17.1. The van der Waals surface area contributed by atoms with Gasteiger partial charge >= 0.3 is 0 Å². The molecule has 4 aromatic rings. The number of rotatable bonds is 6. The number of anilines is 1. The first kappa shape index (κ1) is 22.1. The normalized spacial score (nSPS) is 24.5. The van der Waals surface area contributed by atoms with Crippen molar-refractivity contribution in [3.05, 3.63) is 72.3 Å². The fraction of sp³-hybridized carbons (Fsp3) is 0.320. The maximum absolute atomic E-state index is 11.8. The summed E-state index contributed by atoms with van der Waals surface area (Å²) < 4.78 is 12.9. The molecule has 2 aliphatic rings. The van der Waals surface area contributed by atoms with Gasteiger partial charge in [0.05, 0.1) is 19.5 Å². The van der Waals surface area contributed by atoms with Crippen molar-refractivity contribution < 1.29 is 24.8 Å². The minimum absolute atomic E-state index is 0.173. The van der Waals surface area contributed by atoms with Gasteiger partial charge in [-0.05, 0) is 22.3 Å². The second-order valence-corrected chi connectivity index (χ2v) is 8.79. The van der Waals surface area contributed by atoms with Gasteiger partial charge in [-0.15, -0.1) is 0 Å². The van der Waals surface area contributed by atoms with Crippen molar-refractivity contribution in [2.24, 2.45) is 0 Å². The maximum Gasteiger partial charge on any atom is 0.167 e. The molecule has 4 N–H and O–H groups in total. The number of fused-ring (bicyclic) bond motifs is 4. The molecule has 1 aliphatic carbocycles. The highest BCUT2D eigenvalue weighted by Gasteiger charge is 2.45. The van der Waals surface area contributed by atoms with Crippen molar-refractivity contribution in [3.8, 4) is 11.1 Å². The van der Waals surface area contributed by atoms with Gasteiger partial charge in [0.15, 0.2) is 23.2 Å². The lowest BCUT2D eigenvalue weighted by Crippen LogP contribution is -2.34. The lowest BCUT2D eigenvalue weighted by Gasteiger charge is -2.26. The van der Waals surface area contributed by atoms with Crippen molar-refractivity contribution in [2.45, 2.75) is 30.1 Å². The Morgan fingerprint density at radius 3 is 2.40 bits per heavy atom. The van der Waals surface area contributed by atoms with E-state index in [1.54, 1.807) is 10.9 Å². The van der Waals surface area contributed by atoms with Gasteiger partial charge in [0.25, 0.3) is 0 Å². The molecule has 1 fully saturated rings. The van der Waals surface area contributed by atoms with Crippen LogP contribution in [0.4, 0.5) is 5.82 Å². The van der Waals surface area contributed by atoms with Crippen LogP contribution >= 0.6 is 0 Å². The van der Waals surface area contributed by atoms with E-state index in [2.05, 4.69) is 20.3 Å². The number of benzene rings is 2. The van der Waals surface area contributed by atoms with Crippen molar-refractivity contribution in [1.82, 2.24) is 19.5 Å². The number of nitrogens with zero attached hydrogens (tertiary/aromatic N) is 4. The number of nitrogens with one attached hydrogen (secondary N) is 1. The summed E-state index contributed by atoms with van der Waals surface area (Å²) in [6.45, 7) is -0.167. The predicted octanol–water partition coefficient (Wildman–Crippen LogP) is 1.42. The first-order valence-electron chi connectivity index (χ1n) is 11.4. The quantitative estimate of drug-likeness (QED) is 0.327. The summed E-state index contributed by atoms with van der Waals surface area (Å²) >= 11 is 0. The molecule has 6 rings (SSSR count). The highest BCUT2D eigenvalue weighted by atomic mass is 16.6. The highest BCUT2D eigenvalue weighted by molar-refractivity contribution is 5.84. The molecule has 10 nitrogen and oxygen atoms in total. The summed E-state index contributed by atoms with van der Waals surface area (Å²) in [6, 6.07) is 15.7. The Bertz CT molecular complexity index is 1350. The van der Waals surface area contributed by atoms with E-state index in [1.807, 2.05) is 48.5 Å². The van der Waals surface area contributed by atoms with Gasteiger partial charge in [-0.1, -0.05) is 48.5 Å². The van der Waals surface area contributed by atoms with Crippen LogP contribution in [0.1, 0.15) is 17.4 Å². The standard InChI is InChI=1S/C25H25N5O5/c1-34-21-20(32)18(10-31)35-24(21)30-13-29-19-22(27-12-28-23(19)30)26-11-25(33)16-8-4-2-6-14(16)15-7-3-5-9-17(15)25/h2-9,12-13,18,20-21,24,31-33H,10-11H2,1H3,(H,26,27,28)/t18-,20?,21?,24-/m1/s1. The molecule has 2 unspecified atom stereocenters. The second kappa shape index (κ2) is 8.36. The van der Waals surface area contributed by atoms with Crippen LogP contribution in [0.25, 0.3) is 22.3 Å². The van der Waals surface area contributed by atoms with Crippen LogP contribution in [-0.4, -0.2) is 73.4 Å². The summed E-state index contributed by atoms with van der Waals surface area (Å²) in [7, 11) is 1.48.